The van der Waals surface area contributed by atoms with E-state index in [9.17, 15) is 9.59 Å². The second-order valence-electron chi connectivity index (χ2n) is 3.95. The summed E-state index contributed by atoms with van der Waals surface area (Å²) in [7, 11) is 1.32. The summed E-state index contributed by atoms with van der Waals surface area (Å²) in [5.41, 5.74) is 7.38. The van der Waals surface area contributed by atoms with Crippen LogP contribution in [-0.2, 0) is 4.74 Å². The van der Waals surface area contributed by atoms with Crippen LogP contribution >= 0.6 is 0 Å². The maximum Gasteiger partial charge on any atom is 0.338 e. The quantitative estimate of drug-likeness (QED) is 0.855. The van der Waals surface area contributed by atoms with Crippen molar-refractivity contribution in [1.29, 1.82) is 0 Å². The highest BCUT2D eigenvalue weighted by Crippen LogP contribution is 2.27. The van der Waals surface area contributed by atoms with Gasteiger partial charge in [0.05, 0.1) is 12.7 Å². The van der Waals surface area contributed by atoms with Crippen molar-refractivity contribution < 1.29 is 14.3 Å². The van der Waals surface area contributed by atoms with Gasteiger partial charge in [-0.2, -0.15) is 0 Å². The van der Waals surface area contributed by atoms with Crippen LogP contribution in [0.4, 0.5) is 0 Å². The average molecular weight is 255 g/mol. The molecule has 4 heteroatoms. The van der Waals surface area contributed by atoms with Crippen LogP contribution in [0, 0.1) is 0 Å². The highest BCUT2D eigenvalue weighted by atomic mass is 16.5. The first kappa shape index (κ1) is 12.8. The summed E-state index contributed by atoms with van der Waals surface area (Å²) in [6.45, 7) is 0. The predicted molar refractivity (Wildman–Crippen MR) is 71.7 cm³/mol. The number of primary amides is 1. The molecule has 0 aliphatic carbocycles. The van der Waals surface area contributed by atoms with E-state index >= 15 is 0 Å². The highest BCUT2D eigenvalue weighted by Gasteiger charge is 2.16. The molecule has 0 radical (unpaired) electrons. The van der Waals surface area contributed by atoms with E-state index in [0.717, 1.165) is 0 Å². The standard InChI is InChI=1S/C15H13NO3/c1-19-15(18)13-9-5-3-7-11(13)10-6-2-4-8-12(10)14(16)17/h2-9H,1H3,(H2,16,17). The number of carbonyl (C=O) groups is 2. The number of esters is 1. The lowest BCUT2D eigenvalue weighted by Crippen LogP contribution is -2.13. The summed E-state index contributed by atoms with van der Waals surface area (Å²) in [6, 6.07) is 13.8. The zero-order valence-corrected chi connectivity index (χ0v) is 10.4. The van der Waals surface area contributed by atoms with E-state index in [1.807, 2.05) is 0 Å². The Labute approximate surface area is 110 Å². The fourth-order valence-corrected chi connectivity index (χ4v) is 1.94. The van der Waals surface area contributed by atoms with Crippen molar-refractivity contribution in [3.63, 3.8) is 0 Å². The van der Waals surface area contributed by atoms with E-state index in [1.54, 1.807) is 48.5 Å². The molecule has 1 amide bonds. The molecule has 0 unspecified atom stereocenters. The van der Waals surface area contributed by atoms with E-state index in [4.69, 9.17) is 10.5 Å². The molecule has 2 aromatic rings. The lowest BCUT2D eigenvalue weighted by molar-refractivity contribution is 0.0601. The molecule has 0 spiro atoms. The molecule has 0 saturated heterocycles. The molecule has 0 aliphatic heterocycles. The van der Waals surface area contributed by atoms with Crippen LogP contribution in [-0.4, -0.2) is 19.0 Å². The zero-order valence-electron chi connectivity index (χ0n) is 10.4. The lowest BCUT2D eigenvalue weighted by Gasteiger charge is -2.10. The summed E-state index contributed by atoms with van der Waals surface area (Å²) in [6.07, 6.45) is 0. The molecular formula is C15H13NO3. The molecule has 0 saturated carbocycles. The second-order valence-corrected chi connectivity index (χ2v) is 3.95. The fraction of sp³-hybridized carbons (Fsp3) is 0.0667. The van der Waals surface area contributed by atoms with Crippen LogP contribution in [0.15, 0.2) is 48.5 Å². The number of nitrogens with two attached hydrogens (primary N) is 1. The summed E-state index contributed by atoms with van der Waals surface area (Å²) >= 11 is 0. The van der Waals surface area contributed by atoms with Crippen molar-refractivity contribution in [1.82, 2.24) is 0 Å². The largest absolute Gasteiger partial charge is 0.465 e. The van der Waals surface area contributed by atoms with Gasteiger partial charge in [-0.15, -0.1) is 0 Å². The Hall–Kier alpha value is -2.62. The van der Waals surface area contributed by atoms with E-state index < -0.39 is 11.9 Å². The minimum Gasteiger partial charge on any atom is -0.465 e. The fourth-order valence-electron chi connectivity index (χ4n) is 1.94. The number of hydrogen-bond donors (Lipinski definition) is 1. The van der Waals surface area contributed by atoms with Gasteiger partial charge >= 0.3 is 5.97 Å². The summed E-state index contributed by atoms with van der Waals surface area (Å²) in [4.78, 5) is 23.2. The maximum absolute atomic E-state index is 11.8. The Kier molecular flexibility index (Phi) is 3.61. The van der Waals surface area contributed by atoms with Crippen LogP contribution in [0.5, 0.6) is 0 Å². The molecule has 0 heterocycles. The number of methoxy groups -OCH3 is 1. The molecule has 0 aliphatic rings. The number of hydrogen-bond acceptors (Lipinski definition) is 3. The van der Waals surface area contributed by atoms with Gasteiger partial charge in [-0.1, -0.05) is 36.4 Å². The van der Waals surface area contributed by atoms with Crippen molar-refractivity contribution >= 4 is 11.9 Å². The number of benzene rings is 2. The van der Waals surface area contributed by atoms with Gasteiger partial charge in [0.1, 0.15) is 0 Å². The summed E-state index contributed by atoms with van der Waals surface area (Å²) in [5.74, 6) is -0.981. The Balaban J connectivity index is 2.66. The van der Waals surface area contributed by atoms with Crippen molar-refractivity contribution in [2.75, 3.05) is 7.11 Å². The predicted octanol–water partition coefficient (Wildman–Crippen LogP) is 2.24. The third-order valence-electron chi connectivity index (χ3n) is 2.82. The van der Waals surface area contributed by atoms with E-state index in [0.29, 0.717) is 22.3 Å². The number of carbonyl (C=O) groups excluding carboxylic acids is 2. The van der Waals surface area contributed by atoms with Gasteiger partial charge in [-0.05, 0) is 23.3 Å². The van der Waals surface area contributed by atoms with Crippen LogP contribution in [0.2, 0.25) is 0 Å². The molecule has 0 aromatic heterocycles. The first-order chi connectivity index (χ1) is 9.15. The Morgan fingerprint density at radius 3 is 1.89 bits per heavy atom. The lowest BCUT2D eigenvalue weighted by atomic mass is 9.95. The van der Waals surface area contributed by atoms with Gasteiger partial charge in [0, 0.05) is 5.56 Å². The first-order valence-corrected chi connectivity index (χ1v) is 5.71. The number of rotatable bonds is 3. The van der Waals surface area contributed by atoms with Crippen LogP contribution in [0.25, 0.3) is 11.1 Å². The smallest absolute Gasteiger partial charge is 0.338 e. The van der Waals surface area contributed by atoms with Crippen molar-refractivity contribution in [3.8, 4) is 11.1 Å². The molecule has 0 fully saturated rings. The molecule has 0 bridgehead atoms. The monoisotopic (exact) mass is 255 g/mol. The third kappa shape index (κ3) is 2.47. The molecule has 19 heavy (non-hydrogen) atoms. The Bertz CT molecular complexity index is 635. The Morgan fingerprint density at radius 1 is 0.895 bits per heavy atom. The molecule has 4 nitrogen and oxygen atoms in total. The van der Waals surface area contributed by atoms with Gasteiger partial charge < -0.3 is 10.5 Å². The van der Waals surface area contributed by atoms with Gasteiger partial charge in [-0.3, -0.25) is 4.79 Å². The van der Waals surface area contributed by atoms with Gasteiger partial charge in [-0.25, -0.2) is 4.79 Å². The molecule has 2 rings (SSSR count). The van der Waals surface area contributed by atoms with Gasteiger partial charge in [0.15, 0.2) is 0 Å². The van der Waals surface area contributed by atoms with E-state index in [2.05, 4.69) is 0 Å². The molecular weight excluding hydrogens is 242 g/mol. The van der Waals surface area contributed by atoms with E-state index in [-0.39, 0.29) is 0 Å². The molecule has 96 valence electrons. The second kappa shape index (κ2) is 5.35. The van der Waals surface area contributed by atoms with Crippen molar-refractivity contribution in [2.24, 2.45) is 5.73 Å². The van der Waals surface area contributed by atoms with Gasteiger partial charge in [0.25, 0.3) is 0 Å². The zero-order chi connectivity index (χ0) is 13.8. The average Bonchev–Trinajstić information content (AvgIpc) is 2.46. The first-order valence-electron chi connectivity index (χ1n) is 5.71. The van der Waals surface area contributed by atoms with Crippen LogP contribution in [0.1, 0.15) is 20.7 Å². The van der Waals surface area contributed by atoms with Crippen LogP contribution < -0.4 is 5.73 Å². The summed E-state index contributed by atoms with van der Waals surface area (Å²) in [5, 5.41) is 0. The number of amides is 1. The maximum atomic E-state index is 11.8. The third-order valence-corrected chi connectivity index (χ3v) is 2.82. The SMILES string of the molecule is COC(=O)c1ccccc1-c1ccccc1C(N)=O. The van der Waals surface area contributed by atoms with Gasteiger partial charge in [0.2, 0.25) is 5.91 Å². The molecule has 2 N–H and O–H groups in total. The molecule has 2 aromatic carbocycles. The summed E-state index contributed by atoms with van der Waals surface area (Å²) < 4.78 is 4.74. The minimum atomic E-state index is -0.532. The van der Waals surface area contributed by atoms with Crippen LogP contribution in [0.3, 0.4) is 0 Å². The van der Waals surface area contributed by atoms with Crippen molar-refractivity contribution in [3.05, 3.63) is 59.7 Å². The minimum absolute atomic E-state index is 0.374. The number of ether oxygens (including phenoxy) is 1. The normalized spacial score (nSPS) is 9.95. The topological polar surface area (TPSA) is 69.4 Å². The Morgan fingerprint density at radius 2 is 1.37 bits per heavy atom. The highest BCUT2D eigenvalue weighted by molar-refractivity contribution is 6.04. The van der Waals surface area contributed by atoms with E-state index in [1.165, 1.54) is 7.11 Å². The van der Waals surface area contributed by atoms with Crippen molar-refractivity contribution in [2.45, 2.75) is 0 Å². The molecule has 0 atom stereocenters.